The van der Waals surface area contributed by atoms with E-state index in [1.807, 2.05) is 12.1 Å². The number of nitrogens with two attached hydrogens (primary N) is 1. The molecule has 2 fully saturated rings. The summed E-state index contributed by atoms with van der Waals surface area (Å²) in [5.74, 6) is 1.08. The second-order valence-corrected chi connectivity index (χ2v) is 12.1. The van der Waals surface area contributed by atoms with Crippen molar-refractivity contribution in [3.63, 3.8) is 0 Å². The van der Waals surface area contributed by atoms with Gasteiger partial charge in [0.1, 0.15) is 23.3 Å². The van der Waals surface area contributed by atoms with E-state index in [2.05, 4.69) is 60.0 Å². The second kappa shape index (κ2) is 10.8. The second-order valence-electron chi connectivity index (χ2n) is 11.2. The van der Waals surface area contributed by atoms with Crippen molar-refractivity contribution >= 4 is 62.7 Å². The molecule has 2 aromatic carbocycles. The fraction of sp³-hybridized carbons (Fsp3) is 0.367. The lowest BCUT2D eigenvalue weighted by Crippen LogP contribution is -2.49. The van der Waals surface area contributed by atoms with E-state index in [-0.39, 0.29) is 0 Å². The molecule has 0 atom stereocenters. The number of halogens is 2. The zero-order chi connectivity index (χ0) is 28.1. The van der Waals surface area contributed by atoms with Gasteiger partial charge >= 0.3 is 0 Å². The van der Waals surface area contributed by atoms with Crippen LogP contribution >= 0.6 is 23.2 Å². The molecule has 5 aromatic rings. The van der Waals surface area contributed by atoms with Crippen LogP contribution in [0.3, 0.4) is 0 Å². The van der Waals surface area contributed by atoms with Gasteiger partial charge in [0, 0.05) is 55.7 Å². The van der Waals surface area contributed by atoms with E-state index in [0.717, 1.165) is 53.8 Å². The number of nitrogens with one attached hydrogen (secondary N) is 2. The van der Waals surface area contributed by atoms with Crippen LogP contribution in [0.2, 0.25) is 10.0 Å². The summed E-state index contributed by atoms with van der Waals surface area (Å²) in [7, 11) is 2.22. The highest BCUT2D eigenvalue weighted by atomic mass is 35.5. The van der Waals surface area contributed by atoms with Crippen LogP contribution in [0.15, 0.2) is 48.9 Å². The van der Waals surface area contributed by atoms with Crippen molar-refractivity contribution in [1.82, 2.24) is 34.3 Å². The third-order valence-corrected chi connectivity index (χ3v) is 9.38. The number of hydrogen-bond acceptors (Lipinski definition) is 7. The number of nitrogen functional groups attached to an aromatic ring is 1. The molecule has 1 aliphatic heterocycles. The molecule has 0 unspecified atom stereocenters. The summed E-state index contributed by atoms with van der Waals surface area (Å²) in [4.78, 5) is 21.9. The highest BCUT2D eigenvalue weighted by molar-refractivity contribution is 6.39. The molecular formula is C30H33Cl2N9. The normalized spacial score (nSPS) is 20.7. The van der Waals surface area contributed by atoms with E-state index in [1.54, 1.807) is 18.5 Å². The van der Waals surface area contributed by atoms with Gasteiger partial charge in [-0.2, -0.15) is 0 Å². The predicted octanol–water partition coefficient (Wildman–Crippen LogP) is 6.34. The highest BCUT2D eigenvalue weighted by Crippen LogP contribution is 2.39. The Kier molecular flexibility index (Phi) is 6.98. The van der Waals surface area contributed by atoms with Crippen molar-refractivity contribution in [3.05, 3.63) is 59.0 Å². The maximum Gasteiger partial charge on any atom is 0.205 e. The summed E-state index contributed by atoms with van der Waals surface area (Å²) in [6, 6.07) is 12.8. The smallest absolute Gasteiger partial charge is 0.205 e. The van der Waals surface area contributed by atoms with Crippen molar-refractivity contribution < 1.29 is 0 Å². The van der Waals surface area contributed by atoms with E-state index in [0.29, 0.717) is 44.9 Å². The molecule has 0 radical (unpaired) electrons. The van der Waals surface area contributed by atoms with E-state index in [1.165, 1.54) is 25.9 Å². The molecule has 11 heteroatoms. The van der Waals surface area contributed by atoms with Crippen molar-refractivity contribution in [3.8, 4) is 11.1 Å². The minimum atomic E-state index is 0.400. The Morgan fingerprint density at radius 3 is 2.34 bits per heavy atom. The van der Waals surface area contributed by atoms with E-state index >= 15 is 0 Å². The van der Waals surface area contributed by atoms with E-state index in [4.69, 9.17) is 33.9 Å². The first-order valence-corrected chi connectivity index (χ1v) is 14.9. The monoisotopic (exact) mass is 589 g/mol. The SMILES string of the molecule is CN1CCN(C2CCC(n3cc(-c4ccc(Nc5nc6c(Cl)ccc(Cl)c6[nH]5)cc4)c4c(N)ncnc43)CC2)CC1. The number of likely N-dealkylation sites (N-methyl/N-ethyl adjacent to an activating group) is 1. The number of H-pyrrole nitrogens is 1. The molecule has 0 amide bonds. The van der Waals surface area contributed by atoms with Gasteiger partial charge in [-0.3, -0.25) is 4.90 Å². The third kappa shape index (κ3) is 5.01. The topological polar surface area (TPSA) is 104 Å². The molecule has 1 saturated carbocycles. The molecule has 41 heavy (non-hydrogen) atoms. The maximum absolute atomic E-state index is 6.44. The van der Waals surface area contributed by atoms with Crippen LogP contribution in [0, 0.1) is 0 Å². The third-order valence-electron chi connectivity index (χ3n) is 8.76. The van der Waals surface area contributed by atoms with Crippen LogP contribution in [0.1, 0.15) is 31.7 Å². The molecule has 0 bridgehead atoms. The molecule has 4 N–H and O–H groups in total. The van der Waals surface area contributed by atoms with Crippen LogP contribution < -0.4 is 11.1 Å². The molecule has 7 rings (SSSR count). The fourth-order valence-corrected chi connectivity index (χ4v) is 6.85. The molecule has 1 aliphatic carbocycles. The fourth-order valence-electron chi connectivity index (χ4n) is 6.45. The number of imidazole rings is 1. The summed E-state index contributed by atoms with van der Waals surface area (Å²) in [6.07, 6.45) is 8.50. The average molecular weight is 591 g/mol. The number of aromatic amines is 1. The Balaban J connectivity index is 1.13. The molecule has 2 aliphatic rings. The Hall–Kier alpha value is -3.37. The van der Waals surface area contributed by atoms with Crippen molar-refractivity contribution in [1.29, 1.82) is 0 Å². The number of piperazine rings is 1. The number of rotatable bonds is 5. The molecule has 0 spiro atoms. The van der Waals surface area contributed by atoms with Gasteiger partial charge in [-0.15, -0.1) is 0 Å². The van der Waals surface area contributed by atoms with Crippen molar-refractivity contribution in [2.75, 3.05) is 44.3 Å². The number of hydrogen-bond donors (Lipinski definition) is 3. The number of aromatic nitrogens is 5. The Morgan fingerprint density at radius 2 is 1.61 bits per heavy atom. The minimum absolute atomic E-state index is 0.400. The van der Waals surface area contributed by atoms with Gasteiger partial charge in [-0.1, -0.05) is 35.3 Å². The van der Waals surface area contributed by atoms with E-state index in [9.17, 15) is 0 Å². The molecule has 3 aromatic heterocycles. The standard InChI is InChI=1S/C30H33Cl2N9/c1-39-12-14-40(15-13-39)20-6-8-21(9-7-20)41-16-22(25-28(33)34-17-35-29(25)41)18-2-4-19(5-3-18)36-30-37-26-23(31)10-11-24(32)27(26)38-30/h2-5,10-11,16-17,20-21H,6-9,12-15H2,1H3,(H2,33,34,35)(H2,36,37,38). The zero-order valence-electron chi connectivity index (χ0n) is 22.9. The first-order chi connectivity index (χ1) is 19.9. The molecule has 1 saturated heterocycles. The van der Waals surface area contributed by atoms with Crippen molar-refractivity contribution in [2.45, 2.75) is 37.8 Å². The van der Waals surface area contributed by atoms with Gasteiger partial charge in [0.25, 0.3) is 0 Å². The minimum Gasteiger partial charge on any atom is -0.383 e. The van der Waals surface area contributed by atoms with Crippen LogP contribution in [-0.2, 0) is 0 Å². The first-order valence-electron chi connectivity index (χ1n) is 14.2. The zero-order valence-corrected chi connectivity index (χ0v) is 24.5. The van der Waals surface area contributed by atoms with Crippen molar-refractivity contribution in [2.24, 2.45) is 0 Å². The molecule has 4 heterocycles. The van der Waals surface area contributed by atoms with Crippen LogP contribution in [0.25, 0.3) is 33.2 Å². The number of benzene rings is 2. The Bertz CT molecular complexity index is 1660. The average Bonchev–Trinajstić information content (AvgIpc) is 3.60. The lowest BCUT2D eigenvalue weighted by molar-refractivity contribution is 0.0828. The van der Waals surface area contributed by atoms with Crippen LogP contribution in [-0.4, -0.2) is 73.6 Å². The summed E-state index contributed by atoms with van der Waals surface area (Å²) in [6.45, 7) is 4.68. The molecular weight excluding hydrogens is 557 g/mol. The van der Waals surface area contributed by atoms with Gasteiger partial charge in [0.15, 0.2) is 0 Å². The maximum atomic E-state index is 6.44. The summed E-state index contributed by atoms with van der Waals surface area (Å²) in [5, 5.41) is 5.36. The lowest BCUT2D eigenvalue weighted by atomic mass is 9.89. The Labute approximate surface area is 248 Å². The number of anilines is 3. The van der Waals surface area contributed by atoms with Gasteiger partial charge in [0.2, 0.25) is 5.95 Å². The van der Waals surface area contributed by atoms with Gasteiger partial charge in [-0.25, -0.2) is 15.0 Å². The predicted molar refractivity (Wildman–Crippen MR) is 167 cm³/mol. The molecule has 9 nitrogen and oxygen atoms in total. The van der Waals surface area contributed by atoms with E-state index < -0.39 is 0 Å². The largest absolute Gasteiger partial charge is 0.383 e. The summed E-state index contributed by atoms with van der Waals surface area (Å²) < 4.78 is 2.34. The lowest BCUT2D eigenvalue weighted by Gasteiger charge is -2.41. The summed E-state index contributed by atoms with van der Waals surface area (Å²) >= 11 is 12.6. The van der Waals surface area contributed by atoms with Gasteiger partial charge in [0.05, 0.1) is 20.9 Å². The quantitative estimate of drug-likeness (QED) is 0.220. The number of nitrogens with zero attached hydrogens (tertiary/aromatic N) is 6. The molecule has 212 valence electrons. The highest BCUT2D eigenvalue weighted by Gasteiger charge is 2.30. The Morgan fingerprint density at radius 1 is 0.902 bits per heavy atom. The van der Waals surface area contributed by atoms with Crippen LogP contribution in [0.5, 0.6) is 0 Å². The number of fused-ring (bicyclic) bond motifs is 2. The first kappa shape index (κ1) is 26.5. The van der Waals surface area contributed by atoms with Gasteiger partial charge < -0.3 is 25.5 Å². The van der Waals surface area contributed by atoms with Crippen LogP contribution in [0.4, 0.5) is 17.5 Å². The van der Waals surface area contributed by atoms with Gasteiger partial charge in [-0.05, 0) is 62.6 Å². The summed E-state index contributed by atoms with van der Waals surface area (Å²) in [5.41, 5.74) is 11.7.